The molecule has 2 aromatic rings. The molecule has 0 aromatic carbocycles. The number of aryl methyl sites for hydroxylation is 3. The first kappa shape index (κ1) is 7.97. The predicted molar refractivity (Wildman–Crippen MR) is 45.0 cm³/mol. The molecular formula is C8H11N5. The number of nitrogens with zero attached hydrogens (tertiary/aromatic N) is 4. The van der Waals surface area contributed by atoms with Gasteiger partial charge >= 0.3 is 0 Å². The van der Waals surface area contributed by atoms with Gasteiger partial charge in [0.05, 0.1) is 11.3 Å². The van der Waals surface area contributed by atoms with Crippen molar-refractivity contribution in [3.05, 3.63) is 23.1 Å². The minimum atomic E-state index is 0.223. The molecule has 0 fully saturated rings. The number of rotatable bonds is 0. The van der Waals surface area contributed by atoms with Gasteiger partial charge in [-0.25, -0.2) is 5.10 Å². The summed E-state index contributed by atoms with van der Waals surface area (Å²) in [5.74, 6) is 0.711. The third kappa shape index (κ3) is 1.04. The molecule has 0 spiro atoms. The lowest BCUT2D eigenvalue weighted by Crippen LogP contribution is -2.33. The van der Waals surface area contributed by atoms with Crippen molar-refractivity contribution in [1.82, 2.24) is 14.6 Å². The van der Waals surface area contributed by atoms with Gasteiger partial charge in [0.1, 0.15) is 5.69 Å². The van der Waals surface area contributed by atoms with Gasteiger partial charge in [-0.3, -0.25) is 0 Å². The van der Waals surface area contributed by atoms with E-state index in [0.717, 1.165) is 11.4 Å². The van der Waals surface area contributed by atoms with E-state index in [0.29, 0.717) is 5.78 Å². The van der Waals surface area contributed by atoms with E-state index >= 15 is 0 Å². The quantitative estimate of drug-likeness (QED) is 0.536. The molecule has 0 bridgehead atoms. The summed E-state index contributed by atoms with van der Waals surface area (Å²) in [5, 5.41) is 11.5. The highest BCUT2D eigenvalue weighted by Gasteiger charge is 2.05. The van der Waals surface area contributed by atoms with Crippen LogP contribution in [0.1, 0.15) is 11.4 Å². The van der Waals surface area contributed by atoms with Gasteiger partial charge in [0.25, 0.3) is 5.78 Å². The lowest BCUT2D eigenvalue weighted by Gasteiger charge is -1.96. The lowest BCUT2D eigenvalue weighted by atomic mass is 10.4. The molecule has 0 saturated carbocycles. The van der Waals surface area contributed by atoms with Gasteiger partial charge in [0.15, 0.2) is 0 Å². The van der Waals surface area contributed by atoms with Crippen molar-refractivity contribution >= 4 is 5.78 Å². The number of aromatic nitrogens is 4. The normalized spacial score (nSPS) is 11.0. The summed E-state index contributed by atoms with van der Waals surface area (Å²) in [5.41, 5.74) is 2.17. The summed E-state index contributed by atoms with van der Waals surface area (Å²) >= 11 is 0. The van der Waals surface area contributed by atoms with E-state index < -0.39 is 0 Å². The Morgan fingerprint density at radius 1 is 1.54 bits per heavy atom. The van der Waals surface area contributed by atoms with Crippen LogP contribution in [-0.2, 0) is 7.05 Å². The number of hydrogen-bond donors (Lipinski definition) is 1. The van der Waals surface area contributed by atoms with Gasteiger partial charge in [-0.1, -0.05) is 0 Å². The van der Waals surface area contributed by atoms with Crippen LogP contribution in [0.25, 0.3) is 5.78 Å². The molecular weight excluding hydrogens is 166 g/mol. The first-order valence-electron chi connectivity index (χ1n) is 4.04. The molecule has 1 N–H and O–H groups in total. The van der Waals surface area contributed by atoms with Crippen LogP contribution in [0, 0.1) is 19.3 Å². The molecule has 0 aliphatic carbocycles. The zero-order valence-electron chi connectivity index (χ0n) is 7.87. The van der Waals surface area contributed by atoms with Crippen LogP contribution in [0.15, 0.2) is 6.07 Å². The molecule has 68 valence electrons. The van der Waals surface area contributed by atoms with Gasteiger partial charge in [-0.05, 0) is 20.9 Å². The second kappa shape index (κ2) is 2.42. The summed E-state index contributed by atoms with van der Waals surface area (Å²) in [4.78, 5) is 4.30. The summed E-state index contributed by atoms with van der Waals surface area (Å²) in [6.07, 6.45) is 0. The average molecular weight is 177 g/mol. The summed E-state index contributed by atoms with van der Waals surface area (Å²) in [6.45, 7) is 3.89. The summed E-state index contributed by atoms with van der Waals surface area (Å²) < 4.78 is 3.33. The highest BCUT2D eigenvalue weighted by molar-refractivity contribution is 5.19. The smallest absolute Gasteiger partial charge is 0.297 e. The SMILES string of the molecule is Cc1cc(C)[n+]2[n-]c(=N)n(C)c2n1. The molecule has 2 aromatic heterocycles. The summed E-state index contributed by atoms with van der Waals surface area (Å²) in [7, 11) is 1.79. The van der Waals surface area contributed by atoms with E-state index in [2.05, 4.69) is 10.1 Å². The molecule has 0 atom stereocenters. The van der Waals surface area contributed by atoms with Crippen LogP contribution < -0.4 is 15.2 Å². The molecule has 0 radical (unpaired) electrons. The van der Waals surface area contributed by atoms with Gasteiger partial charge < -0.3 is 9.98 Å². The molecule has 5 nitrogen and oxygen atoms in total. The Morgan fingerprint density at radius 3 is 2.92 bits per heavy atom. The summed E-state index contributed by atoms with van der Waals surface area (Å²) in [6, 6.07) is 1.94. The maximum absolute atomic E-state index is 7.51. The molecule has 0 aliphatic rings. The fourth-order valence-electron chi connectivity index (χ4n) is 1.36. The van der Waals surface area contributed by atoms with Crippen molar-refractivity contribution in [3.63, 3.8) is 0 Å². The molecule has 13 heavy (non-hydrogen) atoms. The maximum Gasteiger partial charge on any atom is 0.297 e. The standard InChI is InChI=1S/C8H11N5/c1-5-4-6(2)13-8(10-5)12(3)7(9)11-13/h4,9H,1-3H3. The van der Waals surface area contributed by atoms with E-state index in [1.54, 1.807) is 16.1 Å². The van der Waals surface area contributed by atoms with Gasteiger partial charge in [-0.2, -0.15) is 4.52 Å². The lowest BCUT2D eigenvalue weighted by molar-refractivity contribution is -0.594. The van der Waals surface area contributed by atoms with Crippen LogP contribution >= 0.6 is 0 Å². The van der Waals surface area contributed by atoms with E-state index in [1.807, 2.05) is 19.9 Å². The van der Waals surface area contributed by atoms with Crippen LogP contribution in [0.4, 0.5) is 0 Å². The van der Waals surface area contributed by atoms with Crippen LogP contribution in [-0.4, -0.2) is 9.55 Å². The highest BCUT2D eigenvalue weighted by atomic mass is 15.4. The Kier molecular flexibility index (Phi) is 1.48. The van der Waals surface area contributed by atoms with Gasteiger partial charge in [-0.15, -0.1) is 4.98 Å². The molecule has 0 saturated heterocycles. The van der Waals surface area contributed by atoms with Crippen molar-refractivity contribution < 1.29 is 4.52 Å². The Bertz CT molecular complexity index is 519. The third-order valence-corrected chi connectivity index (χ3v) is 2.03. The van der Waals surface area contributed by atoms with E-state index in [4.69, 9.17) is 5.41 Å². The molecule has 5 heteroatoms. The zero-order chi connectivity index (χ0) is 9.59. The Labute approximate surface area is 75.2 Å². The van der Waals surface area contributed by atoms with Crippen LogP contribution in [0.3, 0.4) is 0 Å². The fraction of sp³-hybridized carbons (Fsp3) is 0.375. The second-order valence-corrected chi connectivity index (χ2v) is 3.13. The third-order valence-electron chi connectivity index (χ3n) is 2.03. The zero-order valence-corrected chi connectivity index (χ0v) is 7.87. The highest BCUT2D eigenvalue weighted by Crippen LogP contribution is 1.95. The van der Waals surface area contributed by atoms with E-state index in [9.17, 15) is 0 Å². The Hall–Kier alpha value is -1.65. The Morgan fingerprint density at radius 2 is 2.23 bits per heavy atom. The van der Waals surface area contributed by atoms with E-state index in [1.165, 1.54) is 0 Å². The van der Waals surface area contributed by atoms with Crippen molar-refractivity contribution in [2.45, 2.75) is 13.8 Å². The Balaban J connectivity index is 3.03. The van der Waals surface area contributed by atoms with Crippen LogP contribution in [0.5, 0.6) is 0 Å². The minimum Gasteiger partial charge on any atom is -0.408 e. The first-order valence-corrected chi connectivity index (χ1v) is 4.04. The molecule has 0 unspecified atom stereocenters. The van der Waals surface area contributed by atoms with Crippen LogP contribution in [0.2, 0.25) is 0 Å². The predicted octanol–water partition coefficient (Wildman–Crippen LogP) is -0.788. The molecule has 0 amide bonds. The van der Waals surface area contributed by atoms with E-state index in [-0.39, 0.29) is 5.62 Å². The van der Waals surface area contributed by atoms with Gasteiger partial charge in [0.2, 0.25) is 0 Å². The second-order valence-electron chi connectivity index (χ2n) is 3.13. The van der Waals surface area contributed by atoms with Crippen molar-refractivity contribution in [2.24, 2.45) is 7.05 Å². The maximum atomic E-state index is 7.51. The number of nitrogens with one attached hydrogen (secondary N) is 1. The molecule has 2 rings (SSSR count). The van der Waals surface area contributed by atoms with Crippen molar-refractivity contribution in [2.75, 3.05) is 0 Å². The van der Waals surface area contributed by atoms with Crippen molar-refractivity contribution in [3.8, 4) is 0 Å². The largest absolute Gasteiger partial charge is 0.408 e. The number of hydrogen-bond acceptors (Lipinski definition) is 2. The fourth-order valence-corrected chi connectivity index (χ4v) is 1.36. The molecule has 2 heterocycles. The topological polar surface area (TPSA) is 59.9 Å². The first-order chi connectivity index (χ1) is 6.09. The minimum absolute atomic E-state index is 0.223. The average Bonchev–Trinajstić information content (AvgIpc) is 2.32. The number of fused-ring (bicyclic) bond motifs is 1. The van der Waals surface area contributed by atoms with Crippen molar-refractivity contribution in [1.29, 1.82) is 5.41 Å². The molecule has 0 aliphatic heterocycles. The monoisotopic (exact) mass is 177 g/mol. The van der Waals surface area contributed by atoms with Gasteiger partial charge in [0, 0.05) is 6.07 Å².